The molecule has 1 amide bonds. The molecule has 2 aromatic carbocycles. The highest BCUT2D eigenvalue weighted by Gasteiger charge is 2.27. The van der Waals surface area contributed by atoms with E-state index in [2.05, 4.69) is 29.7 Å². The van der Waals surface area contributed by atoms with Crippen LogP contribution in [0, 0.1) is 5.92 Å². The van der Waals surface area contributed by atoms with Gasteiger partial charge in [0.05, 0.1) is 6.54 Å². The van der Waals surface area contributed by atoms with Crippen molar-refractivity contribution in [3.63, 3.8) is 0 Å². The molecule has 0 spiro atoms. The molecular weight excluding hydrogens is 388 g/mol. The topological polar surface area (TPSA) is 66.0 Å². The van der Waals surface area contributed by atoms with Gasteiger partial charge in [-0.2, -0.15) is 0 Å². The van der Waals surface area contributed by atoms with E-state index in [-0.39, 0.29) is 17.9 Å². The maximum atomic E-state index is 12.3. The van der Waals surface area contributed by atoms with E-state index < -0.39 is 0 Å². The third-order valence-electron chi connectivity index (χ3n) is 5.30. The van der Waals surface area contributed by atoms with E-state index in [4.69, 9.17) is 9.73 Å². The van der Waals surface area contributed by atoms with E-state index in [1.54, 1.807) is 0 Å². The Morgan fingerprint density at radius 3 is 2.65 bits per heavy atom. The van der Waals surface area contributed by atoms with Gasteiger partial charge >= 0.3 is 0 Å². The van der Waals surface area contributed by atoms with E-state index in [9.17, 15) is 4.79 Å². The van der Waals surface area contributed by atoms with Gasteiger partial charge in [-0.25, -0.2) is 4.99 Å². The molecular formula is C25H34N4O2. The lowest BCUT2D eigenvalue weighted by atomic mass is 10.2. The molecule has 2 aromatic rings. The zero-order valence-electron chi connectivity index (χ0n) is 18.8. The minimum Gasteiger partial charge on any atom is -0.489 e. The summed E-state index contributed by atoms with van der Waals surface area (Å²) in [6.07, 6.45) is 0.930. The molecule has 2 N–H and O–H groups in total. The van der Waals surface area contributed by atoms with Crippen LogP contribution in [0.25, 0.3) is 0 Å². The van der Waals surface area contributed by atoms with Crippen LogP contribution in [0.15, 0.2) is 59.6 Å². The summed E-state index contributed by atoms with van der Waals surface area (Å²) in [5, 5.41) is 6.81. The van der Waals surface area contributed by atoms with Gasteiger partial charge in [0.15, 0.2) is 5.96 Å². The number of hydrogen-bond acceptors (Lipinski definition) is 3. The number of carbonyl (C=O) groups excluding carboxylic acids is 1. The summed E-state index contributed by atoms with van der Waals surface area (Å²) >= 11 is 0. The van der Waals surface area contributed by atoms with Crippen LogP contribution >= 0.6 is 0 Å². The fourth-order valence-corrected chi connectivity index (χ4v) is 3.63. The maximum Gasteiger partial charge on any atom is 0.225 e. The van der Waals surface area contributed by atoms with Crippen LogP contribution in [0.2, 0.25) is 0 Å². The number of rotatable bonds is 8. The number of likely N-dealkylation sites (tertiary alicyclic amines) is 1. The van der Waals surface area contributed by atoms with E-state index in [0.717, 1.165) is 48.9 Å². The van der Waals surface area contributed by atoms with Crippen LogP contribution in [-0.4, -0.2) is 42.4 Å². The Kier molecular flexibility index (Phi) is 8.33. The van der Waals surface area contributed by atoms with Gasteiger partial charge in [-0.15, -0.1) is 0 Å². The lowest BCUT2D eigenvalue weighted by Gasteiger charge is -2.20. The molecule has 0 bridgehead atoms. The molecule has 166 valence electrons. The first-order valence-corrected chi connectivity index (χ1v) is 11.1. The highest BCUT2D eigenvalue weighted by Crippen LogP contribution is 2.20. The van der Waals surface area contributed by atoms with Crippen molar-refractivity contribution in [3.05, 3.63) is 65.7 Å². The first-order valence-electron chi connectivity index (χ1n) is 11.1. The SMILES string of the molecule is CCNC(=NCc1ccccc1OCc1ccccc1)NC1CCN(C(=O)C(C)C)C1. The highest BCUT2D eigenvalue weighted by molar-refractivity contribution is 5.81. The number of aliphatic imine (C=N–C) groups is 1. The molecule has 1 heterocycles. The molecule has 3 rings (SSSR count). The number of guanidine groups is 1. The Bertz CT molecular complexity index is 867. The van der Waals surface area contributed by atoms with Crippen molar-refractivity contribution in [1.82, 2.24) is 15.5 Å². The van der Waals surface area contributed by atoms with Crippen molar-refractivity contribution < 1.29 is 9.53 Å². The molecule has 0 saturated carbocycles. The Balaban J connectivity index is 1.61. The number of nitrogens with zero attached hydrogens (tertiary/aromatic N) is 2. The Morgan fingerprint density at radius 1 is 1.16 bits per heavy atom. The quantitative estimate of drug-likeness (QED) is 0.504. The fourth-order valence-electron chi connectivity index (χ4n) is 3.63. The summed E-state index contributed by atoms with van der Waals surface area (Å²) in [6, 6.07) is 18.4. The van der Waals surface area contributed by atoms with Crippen molar-refractivity contribution in [1.29, 1.82) is 0 Å². The van der Waals surface area contributed by atoms with E-state index in [1.807, 2.05) is 61.2 Å². The number of hydrogen-bond donors (Lipinski definition) is 2. The van der Waals surface area contributed by atoms with Crippen LogP contribution in [0.3, 0.4) is 0 Å². The standard InChI is InChI=1S/C25H34N4O2/c1-4-26-25(28-22-14-15-29(17-22)24(30)19(2)3)27-16-21-12-8-9-13-23(21)31-18-20-10-6-5-7-11-20/h5-13,19,22H,4,14-18H2,1-3H3,(H2,26,27,28). The number of benzene rings is 2. The van der Waals surface area contributed by atoms with Gasteiger partial charge in [0.1, 0.15) is 12.4 Å². The second-order valence-electron chi connectivity index (χ2n) is 8.15. The zero-order valence-corrected chi connectivity index (χ0v) is 18.8. The van der Waals surface area contributed by atoms with Gasteiger partial charge in [0.2, 0.25) is 5.91 Å². The summed E-state index contributed by atoms with van der Waals surface area (Å²) in [4.78, 5) is 19.0. The lowest BCUT2D eigenvalue weighted by molar-refractivity contribution is -0.133. The van der Waals surface area contributed by atoms with Crippen molar-refractivity contribution >= 4 is 11.9 Å². The lowest BCUT2D eigenvalue weighted by Crippen LogP contribution is -2.45. The van der Waals surface area contributed by atoms with Gasteiger partial charge < -0.3 is 20.3 Å². The summed E-state index contributed by atoms with van der Waals surface area (Å²) in [5.74, 6) is 1.87. The predicted octanol–water partition coefficient (Wildman–Crippen LogP) is 3.58. The molecule has 6 nitrogen and oxygen atoms in total. The van der Waals surface area contributed by atoms with Gasteiger partial charge in [0, 0.05) is 37.2 Å². The molecule has 1 aliphatic rings. The average molecular weight is 423 g/mol. The maximum absolute atomic E-state index is 12.3. The van der Waals surface area contributed by atoms with Crippen LogP contribution in [0.5, 0.6) is 5.75 Å². The Labute approximate surface area is 185 Å². The Morgan fingerprint density at radius 2 is 1.90 bits per heavy atom. The molecule has 1 fully saturated rings. The number of nitrogens with one attached hydrogen (secondary N) is 2. The first kappa shape index (κ1) is 22.7. The molecule has 31 heavy (non-hydrogen) atoms. The van der Waals surface area contributed by atoms with Crippen LogP contribution in [-0.2, 0) is 17.9 Å². The van der Waals surface area contributed by atoms with Crippen molar-refractivity contribution in [2.24, 2.45) is 10.9 Å². The molecule has 1 aliphatic heterocycles. The number of carbonyl (C=O) groups is 1. The molecule has 1 atom stereocenters. The van der Waals surface area contributed by atoms with E-state index in [1.165, 1.54) is 0 Å². The molecule has 0 aliphatic carbocycles. The largest absolute Gasteiger partial charge is 0.489 e. The van der Waals surface area contributed by atoms with Gasteiger partial charge in [-0.3, -0.25) is 4.79 Å². The number of ether oxygens (including phenoxy) is 1. The normalized spacial score (nSPS) is 16.5. The minimum absolute atomic E-state index is 0.0352. The Hall–Kier alpha value is -3.02. The fraction of sp³-hybridized carbons (Fsp3) is 0.440. The molecule has 1 unspecified atom stereocenters. The van der Waals surface area contributed by atoms with E-state index >= 15 is 0 Å². The second kappa shape index (κ2) is 11.4. The molecule has 0 aromatic heterocycles. The smallest absolute Gasteiger partial charge is 0.225 e. The second-order valence-corrected chi connectivity index (χ2v) is 8.15. The third kappa shape index (κ3) is 6.74. The molecule has 1 saturated heterocycles. The average Bonchev–Trinajstić information content (AvgIpc) is 3.25. The van der Waals surface area contributed by atoms with Crippen LogP contribution < -0.4 is 15.4 Å². The van der Waals surface area contributed by atoms with Gasteiger partial charge in [-0.1, -0.05) is 62.4 Å². The van der Waals surface area contributed by atoms with Crippen LogP contribution in [0.4, 0.5) is 0 Å². The summed E-state index contributed by atoms with van der Waals surface area (Å²) in [5.41, 5.74) is 2.18. The van der Waals surface area contributed by atoms with Crippen molar-refractivity contribution in [3.8, 4) is 5.75 Å². The van der Waals surface area contributed by atoms with Crippen LogP contribution in [0.1, 0.15) is 38.3 Å². The molecule has 0 radical (unpaired) electrons. The summed E-state index contributed by atoms with van der Waals surface area (Å²) in [7, 11) is 0. The summed E-state index contributed by atoms with van der Waals surface area (Å²) < 4.78 is 6.06. The monoisotopic (exact) mass is 422 g/mol. The highest BCUT2D eigenvalue weighted by atomic mass is 16.5. The minimum atomic E-state index is 0.0352. The predicted molar refractivity (Wildman–Crippen MR) is 125 cm³/mol. The summed E-state index contributed by atoms with van der Waals surface area (Å²) in [6.45, 7) is 9.29. The van der Waals surface area contributed by atoms with Crippen molar-refractivity contribution in [2.75, 3.05) is 19.6 Å². The first-order chi connectivity index (χ1) is 15.1. The van der Waals surface area contributed by atoms with Crippen molar-refractivity contribution in [2.45, 2.75) is 46.4 Å². The van der Waals surface area contributed by atoms with Gasteiger partial charge in [0.25, 0.3) is 0 Å². The number of amides is 1. The van der Waals surface area contributed by atoms with Gasteiger partial charge in [-0.05, 0) is 25.0 Å². The number of para-hydroxylation sites is 1. The zero-order chi connectivity index (χ0) is 22.1. The molecule has 6 heteroatoms. The van der Waals surface area contributed by atoms with E-state index in [0.29, 0.717) is 13.2 Å². The third-order valence-corrected chi connectivity index (χ3v) is 5.30.